The SMILES string of the molecule is O=C(O)c1cc(C2CC(O)(c3ccc(OCc4c(-c5c(Cl)cccc5Cl)nsc4C4CC4)cc3C(F)(F)F)C2)ccc1F. The summed E-state index contributed by atoms with van der Waals surface area (Å²) in [5, 5.41) is 21.2. The van der Waals surface area contributed by atoms with E-state index in [1.807, 2.05) is 0 Å². The summed E-state index contributed by atoms with van der Waals surface area (Å²) in [6, 6.07) is 12.1. The lowest BCUT2D eigenvalue weighted by Gasteiger charge is -2.45. The quantitative estimate of drug-likeness (QED) is 0.186. The molecule has 5 nitrogen and oxygen atoms in total. The second-order valence-electron chi connectivity index (χ2n) is 10.9. The molecule has 1 heterocycles. The first-order valence-electron chi connectivity index (χ1n) is 13.4. The van der Waals surface area contributed by atoms with E-state index >= 15 is 0 Å². The molecular weight excluding hydrogens is 629 g/mol. The summed E-state index contributed by atoms with van der Waals surface area (Å²) in [5.74, 6) is -2.54. The number of carboxylic acid groups (broad SMARTS) is 1. The number of alkyl halides is 3. The highest BCUT2D eigenvalue weighted by molar-refractivity contribution is 7.06. The Kier molecular flexibility index (Phi) is 7.69. The first-order valence-corrected chi connectivity index (χ1v) is 14.9. The molecule has 0 amide bonds. The molecule has 4 aromatic rings. The predicted molar refractivity (Wildman–Crippen MR) is 155 cm³/mol. The van der Waals surface area contributed by atoms with Crippen molar-refractivity contribution in [3.8, 4) is 17.0 Å². The van der Waals surface area contributed by atoms with Crippen molar-refractivity contribution in [2.75, 3.05) is 0 Å². The van der Waals surface area contributed by atoms with E-state index < -0.39 is 40.6 Å². The number of carbonyl (C=O) groups is 1. The highest BCUT2D eigenvalue weighted by Gasteiger charge is 2.49. The zero-order valence-corrected chi connectivity index (χ0v) is 24.5. The number of carboxylic acids is 1. The Labute approximate surface area is 257 Å². The molecule has 6 rings (SSSR count). The number of ether oxygens (including phenoxy) is 1. The summed E-state index contributed by atoms with van der Waals surface area (Å²) in [4.78, 5) is 12.3. The molecule has 0 spiro atoms. The molecule has 2 fully saturated rings. The Balaban J connectivity index is 1.26. The van der Waals surface area contributed by atoms with Crippen molar-refractivity contribution in [2.45, 2.75) is 55.9 Å². The van der Waals surface area contributed by atoms with Crippen LogP contribution in [0.4, 0.5) is 17.6 Å². The molecule has 0 aliphatic heterocycles. The summed E-state index contributed by atoms with van der Waals surface area (Å²) < 4.78 is 67.2. The van der Waals surface area contributed by atoms with Crippen LogP contribution in [0.25, 0.3) is 11.3 Å². The number of hydrogen-bond acceptors (Lipinski definition) is 5. The maximum absolute atomic E-state index is 14.3. The van der Waals surface area contributed by atoms with E-state index in [0.717, 1.165) is 41.5 Å². The first-order chi connectivity index (χ1) is 20.4. The predicted octanol–water partition coefficient (Wildman–Crippen LogP) is 9.19. The van der Waals surface area contributed by atoms with Crippen LogP contribution in [0.1, 0.15) is 75.0 Å². The number of rotatable bonds is 8. The molecule has 2 aliphatic rings. The van der Waals surface area contributed by atoms with Gasteiger partial charge in [0.1, 0.15) is 18.2 Å². The maximum Gasteiger partial charge on any atom is 0.416 e. The monoisotopic (exact) mass is 651 g/mol. The molecule has 0 saturated heterocycles. The van der Waals surface area contributed by atoms with Gasteiger partial charge in [-0.25, -0.2) is 9.18 Å². The Bertz CT molecular complexity index is 1710. The van der Waals surface area contributed by atoms with E-state index in [9.17, 15) is 32.6 Å². The van der Waals surface area contributed by atoms with Crippen molar-refractivity contribution in [3.05, 3.63) is 103 Å². The van der Waals surface area contributed by atoms with Crippen LogP contribution in [0.2, 0.25) is 10.0 Å². The molecule has 3 aromatic carbocycles. The Morgan fingerprint density at radius 1 is 1.05 bits per heavy atom. The number of aromatic carboxylic acids is 1. The minimum atomic E-state index is -4.79. The van der Waals surface area contributed by atoms with Crippen LogP contribution in [-0.2, 0) is 18.4 Å². The van der Waals surface area contributed by atoms with Crippen LogP contribution in [-0.4, -0.2) is 20.6 Å². The fourth-order valence-corrected chi connectivity index (χ4v) is 7.25. The number of hydrogen-bond donors (Lipinski definition) is 2. The third-order valence-electron chi connectivity index (χ3n) is 8.01. The second kappa shape index (κ2) is 11.1. The standard InChI is InChI=1S/C31H23Cl2F4NO4S/c32-23-2-1-3-24(33)26(23)27-20(28(43-38-27)15-4-5-15)14-42-18-7-8-21(22(11-18)31(35,36)37)30(41)12-17(13-30)16-6-9-25(34)19(10-16)29(39)40/h1-3,6-11,15,17,41H,4-5,12-14H2,(H,39,40). The van der Waals surface area contributed by atoms with Crippen LogP contribution >= 0.6 is 34.7 Å². The van der Waals surface area contributed by atoms with Gasteiger partial charge in [-0.05, 0) is 96.6 Å². The van der Waals surface area contributed by atoms with Crippen LogP contribution in [0.15, 0.2) is 54.6 Å². The van der Waals surface area contributed by atoms with Gasteiger partial charge in [-0.2, -0.15) is 17.5 Å². The van der Waals surface area contributed by atoms with Crippen molar-refractivity contribution in [1.29, 1.82) is 0 Å². The highest BCUT2D eigenvalue weighted by atomic mass is 35.5. The summed E-state index contributed by atoms with van der Waals surface area (Å²) in [5.41, 5.74) is -1.44. The average Bonchev–Trinajstić information content (AvgIpc) is 3.69. The van der Waals surface area contributed by atoms with Crippen LogP contribution in [0.5, 0.6) is 5.75 Å². The van der Waals surface area contributed by atoms with Crippen LogP contribution in [0.3, 0.4) is 0 Å². The largest absolute Gasteiger partial charge is 0.489 e. The van der Waals surface area contributed by atoms with Gasteiger partial charge < -0.3 is 14.9 Å². The zero-order chi connectivity index (χ0) is 30.7. The molecule has 0 atom stereocenters. The third kappa shape index (κ3) is 5.73. The maximum atomic E-state index is 14.3. The lowest BCUT2D eigenvalue weighted by Crippen LogP contribution is -2.41. The van der Waals surface area contributed by atoms with Gasteiger partial charge in [-0.15, -0.1) is 0 Å². The van der Waals surface area contributed by atoms with Crippen LogP contribution < -0.4 is 4.74 Å². The van der Waals surface area contributed by atoms with Crippen molar-refractivity contribution in [3.63, 3.8) is 0 Å². The van der Waals surface area contributed by atoms with Crippen molar-refractivity contribution in [2.24, 2.45) is 0 Å². The summed E-state index contributed by atoms with van der Waals surface area (Å²) in [6.07, 6.45) is -3.01. The molecule has 0 radical (unpaired) electrons. The topological polar surface area (TPSA) is 79.7 Å². The molecule has 0 unspecified atom stereocenters. The van der Waals surface area contributed by atoms with Crippen molar-refractivity contribution < 1.29 is 37.3 Å². The molecule has 224 valence electrons. The molecule has 0 bridgehead atoms. The van der Waals surface area contributed by atoms with Crippen LogP contribution in [0, 0.1) is 5.82 Å². The average molecular weight is 652 g/mol. The van der Waals surface area contributed by atoms with Crippen molar-refractivity contribution >= 4 is 40.7 Å². The molecular formula is C31H23Cl2F4NO4S. The van der Waals surface area contributed by atoms with Gasteiger partial charge in [0.2, 0.25) is 0 Å². The molecule has 2 saturated carbocycles. The minimum Gasteiger partial charge on any atom is -0.489 e. The third-order valence-corrected chi connectivity index (χ3v) is 9.69. The normalized spacial score (nSPS) is 20.1. The fourth-order valence-electron chi connectivity index (χ4n) is 5.63. The Hall–Kier alpha value is -3.18. The van der Waals surface area contributed by atoms with E-state index in [1.165, 1.54) is 29.7 Å². The number of aliphatic hydroxyl groups is 1. The summed E-state index contributed by atoms with van der Waals surface area (Å²) >= 11 is 14.2. The van der Waals surface area contributed by atoms with E-state index in [4.69, 9.17) is 27.9 Å². The molecule has 1 aromatic heterocycles. The Morgan fingerprint density at radius 3 is 2.37 bits per heavy atom. The summed E-state index contributed by atoms with van der Waals surface area (Å²) in [7, 11) is 0. The van der Waals surface area contributed by atoms with E-state index in [-0.39, 0.29) is 30.8 Å². The number of halogens is 6. The number of benzene rings is 3. The van der Waals surface area contributed by atoms with E-state index in [0.29, 0.717) is 32.8 Å². The number of aromatic nitrogens is 1. The first kappa shape index (κ1) is 29.9. The van der Waals surface area contributed by atoms with E-state index in [1.54, 1.807) is 18.2 Å². The highest BCUT2D eigenvalue weighted by Crippen LogP contribution is 2.54. The molecule has 43 heavy (non-hydrogen) atoms. The van der Waals surface area contributed by atoms with Crippen molar-refractivity contribution in [1.82, 2.24) is 4.37 Å². The summed E-state index contributed by atoms with van der Waals surface area (Å²) in [6.45, 7) is -0.0569. The minimum absolute atomic E-state index is 0.0377. The molecule has 12 heteroatoms. The van der Waals surface area contributed by atoms with E-state index in [2.05, 4.69) is 4.37 Å². The fraction of sp³-hybridized carbons (Fsp3) is 0.290. The molecule has 2 N–H and O–H groups in total. The van der Waals surface area contributed by atoms with Gasteiger partial charge in [0, 0.05) is 16.0 Å². The van der Waals surface area contributed by atoms with Gasteiger partial charge in [0.25, 0.3) is 0 Å². The van der Waals surface area contributed by atoms with Gasteiger partial charge in [0.15, 0.2) is 0 Å². The lowest BCUT2D eigenvalue weighted by molar-refractivity contribution is -0.143. The zero-order valence-electron chi connectivity index (χ0n) is 22.2. The van der Waals surface area contributed by atoms with Gasteiger partial charge in [0.05, 0.1) is 32.5 Å². The number of nitrogens with zero attached hydrogens (tertiary/aromatic N) is 1. The molecule has 2 aliphatic carbocycles. The Morgan fingerprint density at radius 2 is 1.74 bits per heavy atom. The second-order valence-corrected chi connectivity index (χ2v) is 12.5. The lowest BCUT2D eigenvalue weighted by atomic mass is 9.64. The van der Waals surface area contributed by atoms with Gasteiger partial charge in [-0.3, -0.25) is 0 Å². The smallest absolute Gasteiger partial charge is 0.416 e. The van der Waals surface area contributed by atoms with Gasteiger partial charge in [-0.1, -0.05) is 41.4 Å². The van der Waals surface area contributed by atoms with Gasteiger partial charge >= 0.3 is 12.1 Å².